The third kappa shape index (κ3) is 3.48. The molecule has 0 amide bonds. The summed E-state index contributed by atoms with van der Waals surface area (Å²) in [5.74, 6) is 0. The van der Waals surface area contributed by atoms with Crippen molar-refractivity contribution in [2.24, 2.45) is 3.77 Å². The Hall–Kier alpha value is -1.73. The van der Waals surface area contributed by atoms with Crippen LogP contribution in [0, 0.1) is 6.92 Å². The van der Waals surface area contributed by atoms with E-state index >= 15 is 0 Å². The zero-order valence-corrected chi connectivity index (χ0v) is 12.9. The molecule has 0 heterocycles. The molecule has 2 aromatic carbocycles. The van der Waals surface area contributed by atoms with Gasteiger partial charge in [-0.1, -0.05) is 39.7 Å². The Labute approximate surface area is 123 Å². The molecule has 0 aliphatic heterocycles. The standard InChI is InChI=1S/C14H14FNO3S2/c1-12-7-9-14(10-8-12)21(18,19)16-20(17,11-15)13-5-3-2-4-6-13/h2-10H,11H2,1H3/t20-/m0/s1. The number of benzene rings is 2. The van der Waals surface area contributed by atoms with Crippen molar-refractivity contribution in [1.82, 2.24) is 0 Å². The van der Waals surface area contributed by atoms with Crippen LogP contribution in [0.3, 0.4) is 0 Å². The van der Waals surface area contributed by atoms with Crippen LogP contribution < -0.4 is 0 Å². The van der Waals surface area contributed by atoms with Crippen molar-refractivity contribution in [2.45, 2.75) is 16.7 Å². The third-order valence-corrected chi connectivity index (χ3v) is 6.72. The summed E-state index contributed by atoms with van der Waals surface area (Å²) in [5.41, 5.74) is 0.878. The molecule has 7 heteroatoms. The lowest BCUT2D eigenvalue weighted by Crippen LogP contribution is -2.08. The fourth-order valence-electron chi connectivity index (χ4n) is 1.67. The fraction of sp³-hybridized carbons (Fsp3) is 0.143. The first-order chi connectivity index (χ1) is 9.87. The van der Waals surface area contributed by atoms with Crippen molar-refractivity contribution < 1.29 is 17.0 Å². The molecular weight excluding hydrogens is 313 g/mol. The Morgan fingerprint density at radius 3 is 2.00 bits per heavy atom. The van der Waals surface area contributed by atoms with E-state index in [1.165, 1.54) is 24.3 Å². The second-order valence-corrected chi connectivity index (χ2v) is 8.41. The van der Waals surface area contributed by atoms with E-state index in [1.807, 2.05) is 6.92 Å². The molecule has 2 aromatic rings. The minimum absolute atomic E-state index is 0.0585. The van der Waals surface area contributed by atoms with E-state index in [0.29, 0.717) is 0 Å². The normalized spacial score (nSPS) is 14.4. The van der Waals surface area contributed by atoms with Crippen LogP contribution >= 0.6 is 0 Å². The molecule has 0 spiro atoms. The fourth-order valence-corrected chi connectivity index (χ4v) is 4.98. The van der Waals surface area contributed by atoms with Gasteiger partial charge in [0.1, 0.15) is 9.73 Å². The molecule has 2 rings (SSSR count). The SMILES string of the molecule is Cc1ccc(S(=O)(=O)N=[S@](=O)(CF)c2ccccc2)cc1. The molecule has 1 atom stereocenters. The summed E-state index contributed by atoms with van der Waals surface area (Å²) < 4.78 is 53.4. The van der Waals surface area contributed by atoms with Crippen LogP contribution in [-0.4, -0.2) is 18.6 Å². The van der Waals surface area contributed by atoms with Crippen LogP contribution in [0.4, 0.5) is 4.39 Å². The summed E-state index contributed by atoms with van der Waals surface area (Å²) in [6.45, 7) is 1.81. The van der Waals surface area contributed by atoms with Gasteiger partial charge in [0.05, 0.1) is 9.79 Å². The van der Waals surface area contributed by atoms with Gasteiger partial charge in [-0.2, -0.15) is 8.42 Å². The van der Waals surface area contributed by atoms with Gasteiger partial charge < -0.3 is 0 Å². The van der Waals surface area contributed by atoms with E-state index in [4.69, 9.17) is 0 Å². The van der Waals surface area contributed by atoms with Crippen molar-refractivity contribution in [2.75, 3.05) is 6.01 Å². The van der Waals surface area contributed by atoms with Crippen LogP contribution in [0.25, 0.3) is 0 Å². The monoisotopic (exact) mass is 327 g/mol. The van der Waals surface area contributed by atoms with Gasteiger partial charge in [-0.05, 0) is 31.2 Å². The topological polar surface area (TPSA) is 63.6 Å². The van der Waals surface area contributed by atoms with Gasteiger partial charge in [0.15, 0.2) is 6.01 Å². The van der Waals surface area contributed by atoms with Crippen LogP contribution in [0.2, 0.25) is 0 Å². The summed E-state index contributed by atoms with van der Waals surface area (Å²) in [6.07, 6.45) is 0. The smallest absolute Gasteiger partial charge is 0.241 e. The zero-order valence-electron chi connectivity index (χ0n) is 11.3. The number of aryl methyl sites for hydroxylation is 1. The van der Waals surface area contributed by atoms with Gasteiger partial charge >= 0.3 is 0 Å². The van der Waals surface area contributed by atoms with E-state index in [1.54, 1.807) is 30.3 Å². The van der Waals surface area contributed by atoms with E-state index < -0.39 is 25.8 Å². The highest BCUT2D eigenvalue weighted by Gasteiger charge is 2.20. The predicted molar refractivity (Wildman–Crippen MR) is 79.6 cm³/mol. The van der Waals surface area contributed by atoms with Gasteiger partial charge in [0.2, 0.25) is 0 Å². The molecule has 0 saturated heterocycles. The molecule has 0 unspecified atom stereocenters. The minimum Gasteiger partial charge on any atom is -0.241 e. The number of alkyl halides is 1. The maximum atomic E-state index is 13.2. The van der Waals surface area contributed by atoms with Crippen LogP contribution in [0.5, 0.6) is 0 Å². The molecule has 0 N–H and O–H groups in total. The molecule has 0 aliphatic rings. The molecule has 0 aliphatic carbocycles. The highest BCUT2D eigenvalue weighted by atomic mass is 32.3. The number of hydrogen-bond donors (Lipinski definition) is 0. The summed E-state index contributed by atoms with van der Waals surface area (Å²) in [4.78, 5) is -0.0478. The van der Waals surface area contributed by atoms with Crippen LogP contribution in [0.15, 0.2) is 68.2 Å². The Bertz CT molecular complexity index is 838. The summed E-state index contributed by atoms with van der Waals surface area (Å²) in [7, 11) is -7.84. The van der Waals surface area contributed by atoms with E-state index in [9.17, 15) is 17.0 Å². The van der Waals surface area contributed by atoms with E-state index in [-0.39, 0.29) is 9.79 Å². The summed E-state index contributed by atoms with van der Waals surface area (Å²) >= 11 is 0. The highest BCUT2D eigenvalue weighted by Crippen LogP contribution is 2.20. The first-order valence-corrected chi connectivity index (χ1v) is 9.19. The first-order valence-electron chi connectivity index (χ1n) is 6.06. The van der Waals surface area contributed by atoms with Gasteiger partial charge in [0, 0.05) is 0 Å². The van der Waals surface area contributed by atoms with Crippen molar-refractivity contribution in [1.29, 1.82) is 0 Å². The molecular formula is C14H14FNO3S2. The number of hydrogen-bond acceptors (Lipinski definition) is 3. The largest absolute Gasteiger partial charge is 0.290 e. The summed E-state index contributed by atoms with van der Waals surface area (Å²) in [6, 6.07) is 12.1. The Morgan fingerprint density at radius 1 is 0.905 bits per heavy atom. The van der Waals surface area contributed by atoms with Gasteiger partial charge in [-0.25, -0.2) is 8.60 Å². The second-order valence-electron chi connectivity index (χ2n) is 4.43. The van der Waals surface area contributed by atoms with Gasteiger partial charge in [-0.15, -0.1) is 0 Å². The first kappa shape index (κ1) is 15.7. The molecule has 0 aromatic heterocycles. The Balaban J connectivity index is 2.59. The maximum Gasteiger partial charge on any atom is 0.290 e. The lowest BCUT2D eigenvalue weighted by atomic mass is 10.2. The third-order valence-electron chi connectivity index (χ3n) is 2.80. The lowest BCUT2D eigenvalue weighted by Gasteiger charge is -2.06. The second kappa shape index (κ2) is 5.95. The van der Waals surface area contributed by atoms with Crippen molar-refractivity contribution in [3.05, 3.63) is 60.2 Å². The van der Waals surface area contributed by atoms with Crippen molar-refractivity contribution in [3.8, 4) is 0 Å². The molecule has 0 bridgehead atoms. The number of halogens is 1. The quantitative estimate of drug-likeness (QED) is 0.866. The van der Waals surface area contributed by atoms with E-state index in [0.717, 1.165) is 5.56 Å². The van der Waals surface area contributed by atoms with Gasteiger partial charge in [0.25, 0.3) is 10.0 Å². The number of nitrogens with zero attached hydrogens (tertiary/aromatic N) is 1. The van der Waals surface area contributed by atoms with Crippen molar-refractivity contribution in [3.63, 3.8) is 0 Å². The zero-order chi connectivity index (χ0) is 15.5. The van der Waals surface area contributed by atoms with E-state index in [2.05, 4.69) is 3.77 Å². The van der Waals surface area contributed by atoms with Crippen LogP contribution in [0.1, 0.15) is 5.56 Å². The molecule has 0 fully saturated rings. The number of sulfonamides is 1. The van der Waals surface area contributed by atoms with Crippen LogP contribution in [-0.2, 0) is 19.8 Å². The number of rotatable bonds is 4. The highest BCUT2D eigenvalue weighted by molar-refractivity contribution is 8.03. The molecule has 0 saturated carbocycles. The molecule has 4 nitrogen and oxygen atoms in total. The summed E-state index contributed by atoms with van der Waals surface area (Å²) in [5, 5.41) is 0. The lowest BCUT2D eigenvalue weighted by molar-refractivity contribution is 0.573. The average Bonchev–Trinajstić information content (AvgIpc) is 2.48. The maximum absolute atomic E-state index is 13.2. The minimum atomic E-state index is -4.19. The molecule has 21 heavy (non-hydrogen) atoms. The Morgan fingerprint density at radius 2 is 1.48 bits per heavy atom. The average molecular weight is 327 g/mol. The van der Waals surface area contributed by atoms with Gasteiger partial charge in [-0.3, -0.25) is 0 Å². The van der Waals surface area contributed by atoms with Crippen molar-refractivity contribution >= 4 is 19.8 Å². The predicted octanol–water partition coefficient (Wildman–Crippen LogP) is 3.14. The molecule has 0 radical (unpaired) electrons. The molecule has 112 valence electrons. The Kier molecular flexibility index (Phi) is 4.43.